The zero-order valence-corrected chi connectivity index (χ0v) is 8.88. The molecular weight excluding hydrogens is 198 g/mol. The molecule has 1 saturated heterocycles. The predicted octanol–water partition coefficient (Wildman–Crippen LogP) is 1.09. The molecule has 2 heterocycles. The minimum Gasteiger partial charge on any atom is -0.375 e. The van der Waals surface area contributed by atoms with Gasteiger partial charge in [0, 0.05) is 24.0 Å². The van der Waals surface area contributed by atoms with Crippen molar-refractivity contribution in [1.82, 2.24) is 9.88 Å². The first kappa shape index (κ1) is 9.45. The molecule has 1 aromatic rings. The minimum absolute atomic E-state index is 0.240. The van der Waals surface area contributed by atoms with Crippen LogP contribution in [0.5, 0.6) is 0 Å². The zero-order valence-electron chi connectivity index (χ0n) is 8.06. The van der Waals surface area contributed by atoms with Gasteiger partial charge in [-0.2, -0.15) is 0 Å². The molecule has 1 aromatic heterocycles. The standard InChI is InChI=1S/C9H13N3OS/c1-6-2-8(13)12(4-6)5-7-3-11-9(10)14-7/h3,6H,2,4-5H2,1H3,(H2,10,11). The number of nitrogens with zero attached hydrogens (tertiary/aromatic N) is 2. The van der Waals surface area contributed by atoms with Gasteiger partial charge in [0.25, 0.3) is 0 Å². The second-order valence-corrected chi connectivity index (χ2v) is 4.90. The number of likely N-dealkylation sites (tertiary alicyclic amines) is 1. The van der Waals surface area contributed by atoms with Crippen LogP contribution in [0, 0.1) is 5.92 Å². The number of anilines is 1. The highest BCUT2D eigenvalue weighted by molar-refractivity contribution is 7.15. The molecule has 0 bridgehead atoms. The fraction of sp³-hybridized carbons (Fsp3) is 0.556. The number of hydrogen-bond acceptors (Lipinski definition) is 4. The Bertz CT molecular complexity index is 350. The van der Waals surface area contributed by atoms with Crippen molar-refractivity contribution in [1.29, 1.82) is 0 Å². The Morgan fingerprint density at radius 3 is 3.07 bits per heavy atom. The van der Waals surface area contributed by atoms with Crippen LogP contribution in [0.1, 0.15) is 18.2 Å². The molecule has 5 heteroatoms. The van der Waals surface area contributed by atoms with E-state index in [1.165, 1.54) is 11.3 Å². The van der Waals surface area contributed by atoms with E-state index in [0.29, 0.717) is 24.0 Å². The van der Waals surface area contributed by atoms with E-state index < -0.39 is 0 Å². The topological polar surface area (TPSA) is 59.2 Å². The first-order chi connectivity index (χ1) is 6.65. The number of hydrogen-bond donors (Lipinski definition) is 1. The highest BCUT2D eigenvalue weighted by atomic mass is 32.1. The molecule has 0 aromatic carbocycles. The van der Waals surface area contributed by atoms with Gasteiger partial charge in [0.05, 0.1) is 6.54 Å². The number of rotatable bonds is 2. The van der Waals surface area contributed by atoms with E-state index in [0.717, 1.165) is 11.4 Å². The zero-order chi connectivity index (χ0) is 10.1. The summed E-state index contributed by atoms with van der Waals surface area (Å²) in [5.74, 6) is 0.720. The van der Waals surface area contributed by atoms with Crippen molar-refractivity contribution in [2.45, 2.75) is 19.9 Å². The Morgan fingerprint density at radius 2 is 2.57 bits per heavy atom. The number of carbonyl (C=O) groups excluding carboxylic acids is 1. The number of thiazole rings is 1. The fourth-order valence-corrected chi connectivity index (χ4v) is 2.41. The fourth-order valence-electron chi connectivity index (χ4n) is 1.71. The molecule has 1 atom stereocenters. The van der Waals surface area contributed by atoms with Crippen LogP contribution >= 0.6 is 11.3 Å². The summed E-state index contributed by atoms with van der Waals surface area (Å²) in [5.41, 5.74) is 5.52. The monoisotopic (exact) mass is 211 g/mol. The van der Waals surface area contributed by atoms with Crippen molar-refractivity contribution in [3.63, 3.8) is 0 Å². The number of aromatic nitrogens is 1. The van der Waals surface area contributed by atoms with E-state index >= 15 is 0 Å². The molecule has 2 rings (SSSR count). The van der Waals surface area contributed by atoms with Gasteiger partial charge in [-0.05, 0) is 5.92 Å². The minimum atomic E-state index is 0.240. The SMILES string of the molecule is CC1CC(=O)N(Cc2cnc(N)s2)C1. The van der Waals surface area contributed by atoms with E-state index in [1.54, 1.807) is 6.20 Å². The molecule has 76 valence electrons. The van der Waals surface area contributed by atoms with E-state index in [9.17, 15) is 4.79 Å². The van der Waals surface area contributed by atoms with E-state index in [2.05, 4.69) is 11.9 Å². The molecule has 0 spiro atoms. The molecule has 0 aliphatic carbocycles. The Kier molecular flexibility index (Phi) is 2.41. The lowest BCUT2D eigenvalue weighted by Gasteiger charge is -2.13. The molecule has 14 heavy (non-hydrogen) atoms. The van der Waals surface area contributed by atoms with Gasteiger partial charge in [-0.3, -0.25) is 4.79 Å². The van der Waals surface area contributed by atoms with E-state index in [-0.39, 0.29) is 5.91 Å². The maximum atomic E-state index is 11.5. The van der Waals surface area contributed by atoms with Gasteiger partial charge in [0.2, 0.25) is 5.91 Å². The first-order valence-electron chi connectivity index (χ1n) is 4.63. The van der Waals surface area contributed by atoms with Crippen LogP contribution in [0.3, 0.4) is 0 Å². The Labute approximate surface area is 86.7 Å². The van der Waals surface area contributed by atoms with E-state index in [4.69, 9.17) is 5.73 Å². The summed E-state index contributed by atoms with van der Waals surface area (Å²) >= 11 is 1.45. The summed E-state index contributed by atoms with van der Waals surface area (Å²) in [6, 6.07) is 0. The summed E-state index contributed by atoms with van der Waals surface area (Å²) in [7, 11) is 0. The second kappa shape index (κ2) is 3.57. The summed E-state index contributed by atoms with van der Waals surface area (Å²) in [6.07, 6.45) is 2.42. The first-order valence-corrected chi connectivity index (χ1v) is 5.45. The molecule has 2 N–H and O–H groups in total. The van der Waals surface area contributed by atoms with Gasteiger partial charge in [-0.25, -0.2) is 4.98 Å². The van der Waals surface area contributed by atoms with Crippen molar-refractivity contribution in [2.75, 3.05) is 12.3 Å². The molecule has 0 saturated carbocycles. The number of nitrogens with two attached hydrogens (primary N) is 1. The van der Waals surface area contributed by atoms with Gasteiger partial charge in [-0.1, -0.05) is 6.92 Å². The van der Waals surface area contributed by atoms with Crippen LogP contribution in [0.4, 0.5) is 5.13 Å². The second-order valence-electron chi connectivity index (χ2n) is 3.75. The lowest BCUT2D eigenvalue weighted by Crippen LogP contribution is -2.23. The third-order valence-corrected chi connectivity index (χ3v) is 3.14. The van der Waals surface area contributed by atoms with Crippen LogP contribution in [-0.4, -0.2) is 22.3 Å². The van der Waals surface area contributed by atoms with Crippen LogP contribution < -0.4 is 5.73 Å². The van der Waals surface area contributed by atoms with Gasteiger partial charge in [-0.15, -0.1) is 11.3 Å². The number of nitrogen functional groups attached to an aromatic ring is 1. The van der Waals surface area contributed by atoms with Crippen molar-refractivity contribution < 1.29 is 4.79 Å². The van der Waals surface area contributed by atoms with Crippen molar-refractivity contribution in [3.8, 4) is 0 Å². The summed E-state index contributed by atoms with van der Waals surface area (Å²) in [4.78, 5) is 18.4. The smallest absolute Gasteiger partial charge is 0.223 e. The molecule has 1 aliphatic heterocycles. The summed E-state index contributed by atoms with van der Waals surface area (Å²) in [6.45, 7) is 3.62. The Balaban J connectivity index is 2.01. The van der Waals surface area contributed by atoms with Crippen LogP contribution in [-0.2, 0) is 11.3 Å². The molecule has 1 amide bonds. The third-order valence-electron chi connectivity index (χ3n) is 2.33. The highest BCUT2D eigenvalue weighted by Crippen LogP contribution is 2.22. The van der Waals surface area contributed by atoms with Crippen LogP contribution in [0.25, 0.3) is 0 Å². The lowest BCUT2D eigenvalue weighted by atomic mass is 10.2. The normalized spacial score (nSPS) is 21.9. The van der Waals surface area contributed by atoms with Gasteiger partial charge in [0.1, 0.15) is 0 Å². The summed E-state index contributed by atoms with van der Waals surface area (Å²) < 4.78 is 0. The molecule has 4 nitrogen and oxygen atoms in total. The molecular formula is C9H13N3OS. The molecule has 1 unspecified atom stereocenters. The van der Waals surface area contributed by atoms with Gasteiger partial charge in [0.15, 0.2) is 5.13 Å². The Morgan fingerprint density at radius 1 is 1.79 bits per heavy atom. The van der Waals surface area contributed by atoms with Crippen LogP contribution in [0.2, 0.25) is 0 Å². The van der Waals surface area contributed by atoms with Gasteiger partial charge >= 0.3 is 0 Å². The largest absolute Gasteiger partial charge is 0.375 e. The maximum absolute atomic E-state index is 11.5. The number of amides is 1. The lowest BCUT2D eigenvalue weighted by molar-refractivity contribution is -0.128. The van der Waals surface area contributed by atoms with Crippen LogP contribution in [0.15, 0.2) is 6.20 Å². The highest BCUT2D eigenvalue weighted by Gasteiger charge is 2.26. The van der Waals surface area contributed by atoms with E-state index in [1.807, 2.05) is 4.90 Å². The molecule has 0 radical (unpaired) electrons. The average molecular weight is 211 g/mol. The maximum Gasteiger partial charge on any atom is 0.223 e. The molecule has 1 fully saturated rings. The Hall–Kier alpha value is -1.10. The molecule has 1 aliphatic rings. The summed E-state index contributed by atoms with van der Waals surface area (Å²) in [5, 5.41) is 0.569. The quantitative estimate of drug-likeness (QED) is 0.796. The average Bonchev–Trinajstić information content (AvgIpc) is 2.61. The third kappa shape index (κ3) is 1.87. The predicted molar refractivity (Wildman–Crippen MR) is 55.7 cm³/mol. The van der Waals surface area contributed by atoms with Crippen molar-refractivity contribution >= 4 is 22.4 Å². The number of carbonyl (C=O) groups is 1. The van der Waals surface area contributed by atoms with Crippen molar-refractivity contribution in [2.24, 2.45) is 5.92 Å². The van der Waals surface area contributed by atoms with Gasteiger partial charge < -0.3 is 10.6 Å². The van der Waals surface area contributed by atoms with Crippen molar-refractivity contribution in [3.05, 3.63) is 11.1 Å².